The van der Waals surface area contributed by atoms with E-state index in [0.717, 1.165) is 17.2 Å². The van der Waals surface area contributed by atoms with Gasteiger partial charge in [-0.1, -0.05) is 0 Å². The van der Waals surface area contributed by atoms with Crippen LogP contribution in [0.5, 0.6) is 0 Å². The number of nitrogens with zero attached hydrogens (tertiary/aromatic N) is 3. The molecule has 1 unspecified atom stereocenters. The Morgan fingerprint density at radius 3 is 2.61 bits per heavy atom. The molecule has 0 radical (unpaired) electrons. The lowest BCUT2D eigenvalue weighted by Gasteiger charge is -2.10. The first-order chi connectivity index (χ1) is 8.69. The highest BCUT2D eigenvalue weighted by Gasteiger charge is 2.02. The Morgan fingerprint density at radius 2 is 2.06 bits per heavy atom. The van der Waals surface area contributed by atoms with Crippen LogP contribution in [-0.2, 0) is 0 Å². The molecule has 0 spiro atoms. The van der Waals surface area contributed by atoms with Gasteiger partial charge in [0.1, 0.15) is 12.2 Å². The molecule has 0 aliphatic heterocycles. The molecule has 96 valence electrons. The standard InChI is InChI=1S/C12H16N4O2/c1-9-14-8-16(15-9)11-4-2-10(3-5-11)13-6-12(18)7-17/h2-5,8,12-13,17-18H,6-7H2,1H3. The van der Waals surface area contributed by atoms with E-state index in [2.05, 4.69) is 15.4 Å². The van der Waals surface area contributed by atoms with Crippen LogP contribution in [0, 0.1) is 6.92 Å². The van der Waals surface area contributed by atoms with E-state index in [0.29, 0.717) is 6.54 Å². The van der Waals surface area contributed by atoms with Gasteiger partial charge in [0, 0.05) is 12.2 Å². The minimum atomic E-state index is -0.748. The summed E-state index contributed by atoms with van der Waals surface area (Å²) < 4.78 is 1.70. The fraction of sp³-hybridized carbons (Fsp3) is 0.333. The van der Waals surface area contributed by atoms with Crippen LogP contribution in [-0.4, -0.2) is 44.2 Å². The molecule has 6 nitrogen and oxygen atoms in total. The molecule has 0 bridgehead atoms. The summed E-state index contributed by atoms with van der Waals surface area (Å²) in [4.78, 5) is 4.06. The van der Waals surface area contributed by atoms with Crippen LogP contribution >= 0.6 is 0 Å². The van der Waals surface area contributed by atoms with Crippen LogP contribution in [0.4, 0.5) is 5.69 Å². The Kier molecular flexibility index (Phi) is 3.91. The van der Waals surface area contributed by atoms with Crippen molar-refractivity contribution in [2.45, 2.75) is 13.0 Å². The first-order valence-corrected chi connectivity index (χ1v) is 5.70. The Bertz CT molecular complexity index is 495. The lowest BCUT2D eigenvalue weighted by atomic mass is 10.2. The Hall–Kier alpha value is -1.92. The molecule has 1 heterocycles. The molecule has 1 atom stereocenters. The molecule has 0 aliphatic carbocycles. The van der Waals surface area contributed by atoms with Gasteiger partial charge in [-0.05, 0) is 31.2 Å². The number of hydrogen-bond donors (Lipinski definition) is 3. The molecule has 0 saturated heterocycles. The van der Waals surface area contributed by atoms with Crippen molar-refractivity contribution in [3.8, 4) is 5.69 Å². The predicted octanol–water partition coefficient (Wildman–Crippen LogP) is 0.341. The third-order valence-corrected chi connectivity index (χ3v) is 2.49. The predicted molar refractivity (Wildman–Crippen MR) is 67.7 cm³/mol. The second kappa shape index (κ2) is 5.61. The number of nitrogens with one attached hydrogen (secondary N) is 1. The quantitative estimate of drug-likeness (QED) is 0.710. The van der Waals surface area contributed by atoms with Gasteiger partial charge < -0.3 is 15.5 Å². The van der Waals surface area contributed by atoms with Crippen molar-refractivity contribution >= 4 is 5.69 Å². The summed E-state index contributed by atoms with van der Waals surface area (Å²) in [5, 5.41) is 25.2. The minimum Gasteiger partial charge on any atom is -0.394 e. The molecule has 18 heavy (non-hydrogen) atoms. The number of anilines is 1. The third-order valence-electron chi connectivity index (χ3n) is 2.49. The van der Waals surface area contributed by atoms with Crippen molar-refractivity contribution in [3.05, 3.63) is 36.4 Å². The van der Waals surface area contributed by atoms with Crippen LogP contribution in [0.2, 0.25) is 0 Å². The average molecular weight is 248 g/mol. The zero-order valence-corrected chi connectivity index (χ0v) is 10.1. The van der Waals surface area contributed by atoms with Gasteiger partial charge in [0.2, 0.25) is 0 Å². The van der Waals surface area contributed by atoms with Gasteiger partial charge in [-0.15, -0.1) is 0 Å². The first kappa shape index (κ1) is 12.5. The summed E-state index contributed by atoms with van der Waals surface area (Å²) in [6, 6.07) is 7.58. The molecule has 0 saturated carbocycles. The summed E-state index contributed by atoms with van der Waals surface area (Å²) in [6.07, 6.45) is 0.912. The first-order valence-electron chi connectivity index (χ1n) is 5.70. The monoisotopic (exact) mass is 248 g/mol. The van der Waals surface area contributed by atoms with Crippen molar-refractivity contribution in [3.63, 3.8) is 0 Å². The van der Waals surface area contributed by atoms with E-state index in [4.69, 9.17) is 5.11 Å². The topological polar surface area (TPSA) is 83.2 Å². The summed E-state index contributed by atoms with van der Waals surface area (Å²) in [5.74, 6) is 0.725. The van der Waals surface area contributed by atoms with Crippen LogP contribution in [0.1, 0.15) is 5.82 Å². The average Bonchev–Trinajstić information content (AvgIpc) is 2.83. The highest BCUT2D eigenvalue weighted by Crippen LogP contribution is 2.12. The number of aliphatic hydroxyl groups excluding tert-OH is 2. The maximum absolute atomic E-state index is 9.22. The number of benzene rings is 1. The molecule has 0 amide bonds. The normalized spacial score (nSPS) is 12.4. The summed E-state index contributed by atoms with van der Waals surface area (Å²) >= 11 is 0. The fourth-order valence-electron chi connectivity index (χ4n) is 1.50. The summed E-state index contributed by atoms with van der Waals surface area (Å²) in [6.45, 7) is 1.91. The number of aromatic nitrogens is 3. The number of rotatable bonds is 5. The zero-order chi connectivity index (χ0) is 13.0. The molecule has 3 N–H and O–H groups in total. The Labute approximate surface area is 105 Å². The van der Waals surface area contributed by atoms with E-state index < -0.39 is 6.10 Å². The number of aliphatic hydroxyl groups is 2. The van der Waals surface area contributed by atoms with E-state index in [1.54, 1.807) is 11.0 Å². The molecular weight excluding hydrogens is 232 g/mol. The van der Waals surface area contributed by atoms with Crippen molar-refractivity contribution in [1.29, 1.82) is 0 Å². The van der Waals surface area contributed by atoms with Crippen LogP contribution in [0.3, 0.4) is 0 Å². The van der Waals surface area contributed by atoms with Crippen LogP contribution in [0.25, 0.3) is 5.69 Å². The maximum atomic E-state index is 9.22. The van der Waals surface area contributed by atoms with Crippen LogP contribution < -0.4 is 5.32 Å². The molecular formula is C12H16N4O2. The highest BCUT2D eigenvalue weighted by molar-refractivity contribution is 5.48. The molecule has 1 aromatic heterocycles. The van der Waals surface area contributed by atoms with Gasteiger partial charge in [-0.2, -0.15) is 5.10 Å². The largest absolute Gasteiger partial charge is 0.394 e. The van der Waals surface area contributed by atoms with Gasteiger partial charge in [0.05, 0.1) is 18.4 Å². The van der Waals surface area contributed by atoms with Crippen molar-refractivity contribution in [1.82, 2.24) is 14.8 Å². The molecule has 1 aromatic carbocycles. The van der Waals surface area contributed by atoms with Crippen molar-refractivity contribution in [2.24, 2.45) is 0 Å². The second-order valence-corrected chi connectivity index (χ2v) is 4.00. The summed E-state index contributed by atoms with van der Waals surface area (Å²) in [7, 11) is 0. The zero-order valence-electron chi connectivity index (χ0n) is 10.1. The maximum Gasteiger partial charge on any atom is 0.147 e. The fourth-order valence-corrected chi connectivity index (χ4v) is 1.50. The smallest absolute Gasteiger partial charge is 0.147 e. The minimum absolute atomic E-state index is 0.247. The van der Waals surface area contributed by atoms with Gasteiger partial charge in [-0.3, -0.25) is 0 Å². The van der Waals surface area contributed by atoms with Crippen LogP contribution in [0.15, 0.2) is 30.6 Å². The van der Waals surface area contributed by atoms with E-state index in [-0.39, 0.29) is 6.61 Å². The lowest BCUT2D eigenvalue weighted by Crippen LogP contribution is -2.22. The number of hydrogen-bond acceptors (Lipinski definition) is 5. The van der Waals surface area contributed by atoms with E-state index in [1.807, 2.05) is 31.2 Å². The molecule has 0 aliphatic rings. The van der Waals surface area contributed by atoms with Crippen molar-refractivity contribution < 1.29 is 10.2 Å². The van der Waals surface area contributed by atoms with E-state index in [1.165, 1.54) is 0 Å². The van der Waals surface area contributed by atoms with E-state index >= 15 is 0 Å². The second-order valence-electron chi connectivity index (χ2n) is 4.00. The van der Waals surface area contributed by atoms with E-state index in [9.17, 15) is 5.11 Å². The Morgan fingerprint density at radius 1 is 1.33 bits per heavy atom. The van der Waals surface area contributed by atoms with Gasteiger partial charge in [-0.25, -0.2) is 9.67 Å². The molecule has 2 aromatic rings. The summed E-state index contributed by atoms with van der Waals surface area (Å²) in [5.41, 5.74) is 1.80. The third kappa shape index (κ3) is 3.06. The Balaban J connectivity index is 2.01. The van der Waals surface area contributed by atoms with Gasteiger partial charge in [0.25, 0.3) is 0 Å². The molecule has 0 fully saturated rings. The van der Waals surface area contributed by atoms with Crippen molar-refractivity contribution in [2.75, 3.05) is 18.5 Å². The lowest BCUT2D eigenvalue weighted by molar-refractivity contribution is 0.105. The highest BCUT2D eigenvalue weighted by atomic mass is 16.3. The molecule has 2 rings (SSSR count). The molecule has 6 heteroatoms. The SMILES string of the molecule is Cc1ncn(-c2ccc(NCC(O)CO)cc2)n1. The van der Waals surface area contributed by atoms with Gasteiger partial charge in [0.15, 0.2) is 0 Å². The van der Waals surface area contributed by atoms with Gasteiger partial charge >= 0.3 is 0 Å². The number of aryl methyl sites for hydroxylation is 1.